The van der Waals surface area contributed by atoms with E-state index in [1.54, 1.807) is 11.3 Å². The van der Waals surface area contributed by atoms with Gasteiger partial charge in [0.15, 0.2) is 0 Å². The summed E-state index contributed by atoms with van der Waals surface area (Å²) in [6.07, 6.45) is 0.822. The fourth-order valence-corrected chi connectivity index (χ4v) is 2.74. The molecule has 2 rings (SSSR count). The molecule has 2 N–H and O–H groups in total. The highest BCUT2D eigenvalue weighted by Gasteiger charge is 2.10. The molecule has 1 aromatic heterocycles. The molecule has 1 unspecified atom stereocenters. The van der Waals surface area contributed by atoms with Crippen molar-refractivity contribution in [3.8, 4) is 0 Å². The molecule has 0 saturated carbocycles. The molecule has 1 aromatic carbocycles. The summed E-state index contributed by atoms with van der Waals surface area (Å²) in [5.41, 5.74) is 9.78. The van der Waals surface area contributed by atoms with Crippen LogP contribution in [0.2, 0.25) is 0 Å². The minimum absolute atomic E-state index is 0.0422. The van der Waals surface area contributed by atoms with Crippen LogP contribution >= 0.6 is 11.3 Å². The molecule has 0 spiro atoms. The number of nitrogens with zero attached hydrogens (tertiary/aromatic N) is 1. The van der Waals surface area contributed by atoms with Crippen molar-refractivity contribution in [1.29, 1.82) is 0 Å². The first-order valence-electron chi connectivity index (χ1n) is 5.81. The Hall–Kier alpha value is -1.19. The minimum Gasteiger partial charge on any atom is -0.324 e. The third-order valence-electron chi connectivity index (χ3n) is 2.97. The molecule has 0 saturated heterocycles. The van der Waals surface area contributed by atoms with Crippen LogP contribution in [0, 0.1) is 20.8 Å². The molecular formula is C14H18N2S. The topological polar surface area (TPSA) is 38.9 Å². The van der Waals surface area contributed by atoms with E-state index in [1.165, 1.54) is 16.0 Å². The second-order valence-corrected chi connectivity index (χ2v) is 5.76. The lowest BCUT2D eigenvalue weighted by molar-refractivity contribution is 0.716. The number of benzene rings is 1. The number of thiazole rings is 1. The molecule has 1 heterocycles. The molecule has 0 fully saturated rings. The van der Waals surface area contributed by atoms with Crippen LogP contribution in [0.15, 0.2) is 24.3 Å². The SMILES string of the molecule is Cc1ccc(C(N)Cc2nc(C)c(C)s2)cc1. The fourth-order valence-electron chi connectivity index (χ4n) is 1.75. The Bertz CT molecular complexity index is 480. The van der Waals surface area contributed by atoms with E-state index < -0.39 is 0 Å². The summed E-state index contributed by atoms with van der Waals surface area (Å²) >= 11 is 1.75. The summed E-state index contributed by atoms with van der Waals surface area (Å²) < 4.78 is 0. The largest absolute Gasteiger partial charge is 0.324 e. The zero-order chi connectivity index (χ0) is 12.4. The molecule has 17 heavy (non-hydrogen) atoms. The zero-order valence-corrected chi connectivity index (χ0v) is 11.3. The maximum atomic E-state index is 6.20. The smallest absolute Gasteiger partial charge is 0.0949 e. The first-order chi connectivity index (χ1) is 8.06. The summed E-state index contributed by atoms with van der Waals surface area (Å²) in [6, 6.07) is 8.46. The van der Waals surface area contributed by atoms with Crippen LogP contribution in [0.25, 0.3) is 0 Å². The number of aryl methyl sites for hydroxylation is 3. The van der Waals surface area contributed by atoms with Crippen molar-refractivity contribution in [3.63, 3.8) is 0 Å². The minimum atomic E-state index is 0.0422. The molecule has 2 aromatic rings. The lowest BCUT2D eigenvalue weighted by atomic mass is 10.0. The first kappa shape index (κ1) is 12.3. The van der Waals surface area contributed by atoms with Crippen LogP contribution in [0.1, 0.15) is 32.7 Å². The van der Waals surface area contributed by atoms with Gasteiger partial charge in [-0.2, -0.15) is 0 Å². The quantitative estimate of drug-likeness (QED) is 0.902. The Morgan fingerprint density at radius 1 is 1.18 bits per heavy atom. The Balaban J connectivity index is 2.11. The van der Waals surface area contributed by atoms with E-state index in [0.717, 1.165) is 17.1 Å². The number of aromatic nitrogens is 1. The van der Waals surface area contributed by atoms with Crippen molar-refractivity contribution >= 4 is 11.3 Å². The molecule has 1 atom stereocenters. The fraction of sp³-hybridized carbons (Fsp3) is 0.357. The van der Waals surface area contributed by atoms with Gasteiger partial charge in [-0.25, -0.2) is 4.98 Å². The Morgan fingerprint density at radius 2 is 1.82 bits per heavy atom. The van der Waals surface area contributed by atoms with Crippen LogP contribution in [-0.2, 0) is 6.42 Å². The summed E-state index contributed by atoms with van der Waals surface area (Å²) in [5, 5.41) is 1.13. The van der Waals surface area contributed by atoms with Crippen LogP contribution in [-0.4, -0.2) is 4.98 Å². The molecular weight excluding hydrogens is 228 g/mol. The van der Waals surface area contributed by atoms with E-state index in [0.29, 0.717) is 0 Å². The van der Waals surface area contributed by atoms with E-state index in [2.05, 4.69) is 43.1 Å². The van der Waals surface area contributed by atoms with Crippen LogP contribution in [0.3, 0.4) is 0 Å². The van der Waals surface area contributed by atoms with Crippen LogP contribution in [0.4, 0.5) is 0 Å². The van der Waals surface area contributed by atoms with Crippen molar-refractivity contribution in [1.82, 2.24) is 4.98 Å². The van der Waals surface area contributed by atoms with Gasteiger partial charge in [0.05, 0.1) is 10.7 Å². The highest BCUT2D eigenvalue weighted by atomic mass is 32.1. The molecule has 0 aliphatic carbocycles. The first-order valence-corrected chi connectivity index (χ1v) is 6.63. The second kappa shape index (κ2) is 4.98. The molecule has 2 nitrogen and oxygen atoms in total. The summed E-state index contributed by atoms with van der Waals surface area (Å²) in [7, 11) is 0. The van der Waals surface area contributed by atoms with Gasteiger partial charge in [-0.15, -0.1) is 11.3 Å². The van der Waals surface area contributed by atoms with E-state index in [-0.39, 0.29) is 6.04 Å². The Labute approximate surface area is 107 Å². The lowest BCUT2D eigenvalue weighted by Crippen LogP contribution is -2.13. The molecule has 90 valence electrons. The highest BCUT2D eigenvalue weighted by Crippen LogP contribution is 2.22. The summed E-state index contributed by atoms with van der Waals surface area (Å²) in [6.45, 7) is 6.24. The number of nitrogens with two attached hydrogens (primary N) is 1. The molecule has 0 radical (unpaired) electrons. The number of rotatable bonds is 3. The van der Waals surface area contributed by atoms with Gasteiger partial charge >= 0.3 is 0 Å². The highest BCUT2D eigenvalue weighted by molar-refractivity contribution is 7.11. The van der Waals surface area contributed by atoms with E-state index in [4.69, 9.17) is 5.73 Å². The third kappa shape index (κ3) is 2.93. The maximum Gasteiger partial charge on any atom is 0.0949 e. The predicted octanol–water partition coefficient (Wildman–Crippen LogP) is 3.31. The lowest BCUT2D eigenvalue weighted by Gasteiger charge is -2.10. The zero-order valence-electron chi connectivity index (χ0n) is 10.5. The van der Waals surface area contributed by atoms with Gasteiger partial charge < -0.3 is 5.73 Å². The van der Waals surface area contributed by atoms with Crippen LogP contribution in [0.5, 0.6) is 0 Å². The van der Waals surface area contributed by atoms with Gasteiger partial charge in [-0.1, -0.05) is 29.8 Å². The second-order valence-electron chi connectivity index (χ2n) is 4.47. The van der Waals surface area contributed by atoms with Crippen molar-refractivity contribution in [2.45, 2.75) is 33.2 Å². The Morgan fingerprint density at radius 3 is 2.35 bits per heavy atom. The van der Waals surface area contributed by atoms with Crippen molar-refractivity contribution in [2.75, 3.05) is 0 Å². The van der Waals surface area contributed by atoms with Gasteiger partial charge in [-0.05, 0) is 26.3 Å². The molecule has 0 aliphatic heterocycles. The van der Waals surface area contributed by atoms with Gasteiger partial charge in [-0.3, -0.25) is 0 Å². The third-order valence-corrected chi connectivity index (χ3v) is 4.07. The van der Waals surface area contributed by atoms with E-state index in [9.17, 15) is 0 Å². The molecule has 0 aliphatic rings. The molecule has 0 amide bonds. The average molecular weight is 246 g/mol. The number of hydrogen-bond acceptors (Lipinski definition) is 3. The van der Waals surface area contributed by atoms with Crippen LogP contribution < -0.4 is 5.73 Å². The molecule has 0 bridgehead atoms. The van der Waals surface area contributed by atoms with Gasteiger partial charge in [0.2, 0.25) is 0 Å². The summed E-state index contributed by atoms with van der Waals surface area (Å²) in [5.74, 6) is 0. The standard InChI is InChI=1S/C14H18N2S/c1-9-4-6-12(7-5-9)13(15)8-14-16-10(2)11(3)17-14/h4-7,13H,8,15H2,1-3H3. The normalized spacial score (nSPS) is 12.7. The molecule has 3 heteroatoms. The van der Waals surface area contributed by atoms with Crippen molar-refractivity contribution in [3.05, 3.63) is 51.0 Å². The van der Waals surface area contributed by atoms with Crippen molar-refractivity contribution < 1.29 is 0 Å². The van der Waals surface area contributed by atoms with Gasteiger partial charge in [0.25, 0.3) is 0 Å². The monoisotopic (exact) mass is 246 g/mol. The number of hydrogen-bond donors (Lipinski definition) is 1. The van der Waals surface area contributed by atoms with Gasteiger partial charge in [0.1, 0.15) is 0 Å². The van der Waals surface area contributed by atoms with E-state index in [1.807, 2.05) is 6.92 Å². The summed E-state index contributed by atoms with van der Waals surface area (Å²) in [4.78, 5) is 5.82. The average Bonchev–Trinajstić information content (AvgIpc) is 2.58. The maximum absolute atomic E-state index is 6.20. The van der Waals surface area contributed by atoms with Gasteiger partial charge in [0, 0.05) is 17.3 Å². The Kier molecular flexibility index (Phi) is 3.60. The van der Waals surface area contributed by atoms with Crippen molar-refractivity contribution in [2.24, 2.45) is 5.73 Å². The van der Waals surface area contributed by atoms with E-state index >= 15 is 0 Å². The predicted molar refractivity (Wildman–Crippen MR) is 73.4 cm³/mol.